The van der Waals surface area contributed by atoms with E-state index in [1.54, 1.807) is 36.4 Å². The summed E-state index contributed by atoms with van der Waals surface area (Å²) in [6, 6.07) is 12.2. The smallest absolute Gasteiger partial charge is 0.271 e. The zero-order valence-corrected chi connectivity index (χ0v) is 15.2. The first kappa shape index (κ1) is 17.7. The number of benzene rings is 2. The van der Waals surface area contributed by atoms with E-state index in [0.717, 1.165) is 34.7 Å². The van der Waals surface area contributed by atoms with Crippen LogP contribution in [0.15, 0.2) is 47.6 Å². The van der Waals surface area contributed by atoms with Crippen molar-refractivity contribution in [2.24, 2.45) is 5.10 Å². The van der Waals surface area contributed by atoms with Crippen molar-refractivity contribution >= 4 is 22.7 Å². The van der Waals surface area contributed by atoms with Gasteiger partial charge < -0.3 is 9.67 Å². The molecule has 2 N–H and O–H groups in total. The zero-order chi connectivity index (χ0) is 18.7. The first-order chi connectivity index (χ1) is 12.5. The van der Waals surface area contributed by atoms with Crippen molar-refractivity contribution in [3.8, 4) is 5.75 Å². The van der Waals surface area contributed by atoms with E-state index in [4.69, 9.17) is 0 Å². The van der Waals surface area contributed by atoms with Crippen molar-refractivity contribution in [2.75, 3.05) is 0 Å². The highest BCUT2D eigenvalue weighted by Crippen LogP contribution is 2.18. The van der Waals surface area contributed by atoms with Crippen LogP contribution in [-0.2, 0) is 6.54 Å². The molecule has 0 spiro atoms. The minimum absolute atomic E-state index is 0.198. The van der Waals surface area contributed by atoms with Crippen LogP contribution < -0.4 is 5.43 Å². The summed E-state index contributed by atoms with van der Waals surface area (Å²) in [6.07, 6.45) is 0.657. The predicted molar refractivity (Wildman–Crippen MR) is 103 cm³/mol. The minimum Gasteiger partial charge on any atom is -0.508 e. The predicted octanol–water partition coefficient (Wildman–Crippen LogP) is 3.61. The molecule has 0 bridgehead atoms. The summed E-state index contributed by atoms with van der Waals surface area (Å²) in [4.78, 5) is 17.0. The van der Waals surface area contributed by atoms with Gasteiger partial charge in [-0.1, -0.05) is 6.92 Å². The summed E-state index contributed by atoms with van der Waals surface area (Å²) in [5.74, 6) is 0.849. The average molecular weight is 350 g/mol. The molecule has 6 heteroatoms. The number of imidazole rings is 1. The number of nitrogens with zero attached hydrogens (tertiary/aromatic N) is 3. The highest BCUT2D eigenvalue weighted by Gasteiger charge is 2.11. The molecule has 6 nitrogen and oxygen atoms in total. The fourth-order valence-electron chi connectivity index (χ4n) is 2.97. The fraction of sp³-hybridized carbons (Fsp3) is 0.250. The second kappa shape index (κ2) is 7.39. The van der Waals surface area contributed by atoms with Crippen LogP contribution in [0.5, 0.6) is 5.75 Å². The van der Waals surface area contributed by atoms with Crippen molar-refractivity contribution in [3.63, 3.8) is 0 Å². The van der Waals surface area contributed by atoms with E-state index < -0.39 is 0 Å². The number of phenolic OH excluding ortho intramolecular Hbond substituents is 1. The number of amides is 1. The van der Waals surface area contributed by atoms with E-state index in [-0.39, 0.29) is 11.7 Å². The monoisotopic (exact) mass is 350 g/mol. The largest absolute Gasteiger partial charge is 0.508 e. The summed E-state index contributed by atoms with van der Waals surface area (Å²) in [5.41, 5.74) is 6.55. The van der Waals surface area contributed by atoms with Crippen molar-refractivity contribution < 1.29 is 9.90 Å². The van der Waals surface area contributed by atoms with Crippen LogP contribution >= 0.6 is 0 Å². The highest BCUT2D eigenvalue weighted by molar-refractivity contribution is 6.02. The normalized spacial score (nSPS) is 11.7. The quantitative estimate of drug-likeness (QED) is 0.545. The molecule has 0 atom stereocenters. The summed E-state index contributed by atoms with van der Waals surface area (Å²) in [7, 11) is 0. The van der Waals surface area contributed by atoms with E-state index in [0.29, 0.717) is 12.0 Å². The van der Waals surface area contributed by atoms with Gasteiger partial charge in [0.05, 0.1) is 16.7 Å². The van der Waals surface area contributed by atoms with Crippen molar-refractivity contribution in [1.29, 1.82) is 0 Å². The molecule has 1 heterocycles. The molecule has 1 amide bonds. The van der Waals surface area contributed by atoms with E-state index in [1.165, 1.54) is 0 Å². The first-order valence-electron chi connectivity index (χ1n) is 8.66. The highest BCUT2D eigenvalue weighted by atomic mass is 16.3. The number of carbonyl (C=O) groups is 1. The van der Waals surface area contributed by atoms with Gasteiger partial charge in [0.2, 0.25) is 0 Å². The van der Waals surface area contributed by atoms with Crippen LogP contribution in [0.3, 0.4) is 0 Å². The maximum atomic E-state index is 12.5. The Morgan fingerprint density at radius 2 is 1.85 bits per heavy atom. The number of hydrazone groups is 1. The molecule has 0 aliphatic heterocycles. The van der Waals surface area contributed by atoms with Gasteiger partial charge in [-0.3, -0.25) is 4.79 Å². The molecule has 0 aliphatic carbocycles. The number of nitrogens with one attached hydrogen (secondary N) is 1. The Morgan fingerprint density at radius 1 is 1.15 bits per heavy atom. The summed E-state index contributed by atoms with van der Waals surface area (Å²) in [5, 5.41) is 13.6. The number of phenols is 1. The van der Waals surface area contributed by atoms with Crippen molar-refractivity contribution in [3.05, 3.63) is 59.4 Å². The number of carbonyl (C=O) groups excluding carboxylic acids is 1. The molecule has 1 aromatic heterocycles. The molecule has 3 aromatic rings. The molecule has 26 heavy (non-hydrogen) atoms. The molecular weight excluding hydrogens is 328 g/mol. The third-order valence-corrected chi connectivity index (χ3v) is 4.35. The number of aryl methyl sites for hydroxylation is 2. The third kappa shape index (κ3) is 3.44. The SMILES string of the molecule is CC/C(=N\NC(=O)c1ccc2c(c1)nc(C)n2CC)c1ccc(O)cc1. The average Bonchev–Trinajstić information content (AvgIpc) is 2.97. The van der Waals surface area contributed by atoms with Crippen molar-refractivity contribution in [2.45, 2.75) is 33.7 Å². The maximum absolute atomic E-state index is 12.5. The number of fused-ring (bicyclic) bond motifs is 1. The Kier molecular flexibility index (Phi) is 5.02. The molecule has 134 valence electrons. The van der Waals surface area contributed by atoms with E-state index in [9.17, 15) is 9.90 Å². The van der Waals surface area contributed by atoms with Crippen LogP contribution in [0, 0.1) is 6.92 Å². The summed E-state index contributed by atoms with van der Waals surface area (Å²) < 4.78 is 2.11. The van der Waals surface area contributed by atoms with Crippen LogP contribution in [0.25, 0.3) is 11.0 Å². The van der Waals surface area contributed by atoms with E-state index >= 15 is 0 Å². The van der Waals surface area contributed by atoms with Gasteiger partial charge in [-0.25, -0.2) is 10.4 Å². The first-order valence-corrected chi connectivity index (χ1v) is 8.66. The molecule has 2 aromatic carbocycles. The lowest BCUT2D eigenvalue weighted by atomic mass is 10.1. The maximum Gasteiger partial charge on any atom is 0.271 e. The van der Waals surface area contributed by atoms with Gasteiger partial charge in [0, 0.05) is 12.1 Å². The second-order valence-electron chi connectivity index (χ2n) is 6.01. The van der Waals surface area contributed by atoms with Gasteiger partial charge >= 0.3 is 0 Å². The second-order valence-corrected chi connectivity index (χ2v) is 6.01. The Hall–Kier alpha value is -3.15. The van der Waals surface area contributed by atoms with Gasteiger partial charge in [-0.05, 0) is 68.3 Å². The standard InChI is InChI=1S/C20H22N4O2/c1-4-17(14-6-9-16(25)10-7-14)22-23-20(26)15-8-11-19-18(12-15)21-13(3)24(19)5-2/h6-12,25H,4-5H2,1-3H3,(H,23,26)/b22-17+. The number of rotatable bonds is 5. The van der Waals surface area contributed by atoms with Gasteiger partial charge in [0.25, 0.3) is 5.91 Å². The molecule has 3 rings (SSSR count). The molecule has 0 aliphatic rings. The Balaban J connectivity index is 1.82. The lowest BCUT2D eigenvalue weighted by molar-refractivity contribution is 0.0955. The number of hydrogen-bond donors (Lipinski definition) is 2. The lowest BCUT2D eigenvalue weighted by Gasteiger charge is -2.06. The van der Waals surface area contributed by atoms with Gasteiger partial charge in [-0.15, -0.1) is 0 Å². The fourth-order valence-corrected chi connectivity index (χ4v) is 2.97. The molecular formula is C20H22N4O2. The molecule has 0 saturated carbocycles. The van der Waals surface area contributed by atoms with E-state index in [1.807, 2.05) is 19.9 Å². The van der Waals surface area contributed by atoms with Crippen molar-refractivity contribution in [1.82, 2.24) is 15.0 Å². The summed E-state index contributed by atoms with van der Waals surface area (Å²) in [6.45, 7) is 6.83. The van der Waals surface area contributed by atoms with Crippen LogP contribution in [0.2, 0.25) is 0 Å². The van der Waals surface area contributed by atoms with E-state index in [2.05, 4.69) is 27.0 Å². The summed E-state index contributed by atoms with van der Waals surface area (Å²) >= 11 is 0. The molecule has 0 saturated heterocycles. The van der Waals surface area contributed by atoms with Gasteiger partial charge in [0.1, 0.15) is 11.6 Å². The molecule has 0 fully saturated rings. The topological polar surface area (TPSA) is 79.5 Å². The number of hydrogen-bond acceptors (Lipinski definition) is 4. The van der Waals surface area contributed by atoms with Gasteiger partial charge in [0.15, 0.2) is 0 Å². The minimum atomic E-state index is -0.277. The Bertz CT molecular complexity index is 971. The Morgan fingerprint density at radius 3 is 2.50 bits per heavy atom. The Labute approximate surface area is 152 Å². The van der Waals surface area contributed by atoms with Crippen LogP contribution in [0.4, 0.5) is 0 Å². The lowest BCUT2D eigenvalue weighted by Crippen LogP contribution is -2.20. The zero-order valence-electron chi connectivity index (χ0n) is 15.2. The third-order valence-electron chi connectivity index (χ3n) is 4.35. The molecule has 0 radical (unpaired) electrons. The van der Waals surface area contributed by atoms with Crippen LogP contribution in [0.1, 0.15) is 42.0 Å². The molecule has 0 unspecified atom stereocenters. The van der Waals surface area contributed by atoms with Gasteiger partial charge in [-0.2, -0.15) is 5.10 Å². The number of aromatic nitrogens is 2. The number of aromatic hydroxyl groups is 1. The van der Waals surface area contributed by atoms with Crippen LogP contribution in [-0.4, -0.2) is 26.3 Å².